The van der Waals surface area contributed by atoms with E-state index in [1.807, 2.05) is 11.4 Å². The fraction of sp³-hybridized carbons (Fsp3) is 0.333. The lowest BCUT2D eigenvalue weighted by atomic mass is 10.4. The predicted molar refractivity (Wildman–Crippen MR) is 39.5 cm³/mol. The third-order valence-electron chi connectivity index (χ3n) is 1.24. The van der Waals surface area contributed by atoms with Crippen LogP contribution in [0.1, 0.15) is 5.69 Å². The fourth-order valence-corrected chi connectivity index (χ4v) is 1.32. The van der Waals surface area contributed by atoms with Crippen LogP contribution < -0.4 is 0 Å². The van der Waals surface area contributed by atoms with Crippen LogP contribution in [-0.4, -0.2) is 23.4 Å². The first kappa shape index (κ1) is 5.85. The van der Waals surface area contributed by atoms with Crippen molar-refractivity contribution in [2.24, 2.45) is 4.99 Å². The molecule has 0 saturated heterocycles. The molecule has 0 radical (unpaired) electrons. The predicted octanol–water partition coefficient (Wildman–Crippen LogP) is 0.920. The molecule has 2 rings (SSSR count). The minimum atomic E-state index is 0.696. The Labute approximate surface area is 62.5 Å². The van der Waals surface area contributed by atoms with Crippen LogP contribution in [0.4, 0.5) is 0 Å². The van der Waals surface area contributed by atoms with Gasteiger partial charge >= 0.3 is 0 Å². The molecule has 1 aromatic rings. The van der Waals surface area contributed by atoms with Crippen LogP contribution >= 0.6 is 11.5 Å². The lowest BCUT2D eigenvalue weighted by Gasteiger charge is -1.93. The Kier molecular flexibility index (Phi) is 1.39. The van der Waals surface area contributed by atoms with E-state index in [9.17, 15) is 0 Å². The number of rotatable bonds is 1. The molecule has 0 saturated carbocycles. The summed E-state index contributed by atoms with van der Waals surface area (Å²) in [5, 5.41) is 1.92. The third-order valence-corrected chi connectivity index (χ3v) is 1.80. The van der Waals surface area contributed by atoms with Crippen molar-refractivity contribution in [1.82, 2.24) is 4.37 Å². The van der Waals surface area contributed by atoms with Gasteiger partial charge in [0.25, 0.3) is 0 Å². The number of ether oxygens (including phenoxy) is 1. The minimum absolute atomic E-state index is 0.696. The van der Waals surface area contributed by atoms with E-state index in [0.29, 0.717) is 12.5 Å². The quantitative estimate of drug-likeness (QED) is 0.602. The molecule has 0 unspecified atom stereocenters. The zero-order chi connectivity index (χ0) is 6.81. The molecule has 10 heavy (non-hydrogen) atoms. The van der Waals surface area contributed by atoms with Crippen molar-refractivity contribution < 1.29 is 4.74 Å². The van der Waals surface area contributed by atoms with Crippen molar-refractivity contribution >= 4 is 17.4 Å². The van der Waals surface area contributed by atoms with E-state index >= 15 is 0 Å². The van der Waals surface area contributed by atoms with Crippen LogP contribution in [0.2, 0.25) is 0 Å². The monoisotopic (exact) mass is 154 g/mol. The SMILES string of the molecule is c1cc(C2=NCCO2)ns1. The molecule has 1 aliphatic heterocycles. The van der Waals surface area contributed by atoms with Gasteiger partial charge in [0, 0.05) is 5.38 Å². The number of hydrogen-bond acceptors (Lipinski definition) is 4. The van der Waals surface area contributed by atoms with Gasteiger partial charge < -0.3 is 4.74 Å². The van der Waals surface area contributed by atoms with E-state index < -0.39 is 0 Å². The Balaban J connectivity index is 2.28. The van der Waals surface area contributed by atoms with Crippen LogP contribution in [0.5, 0.6) is 0 Å². The van der Waals surface area contributed by atoms with Gasteiger partial charge in [-0.1, -0.05) is 0 Å². The summed E-state index contributed by atoms with van der Waals surface area (Å²) in [6, 6.07) is 1.91. The second-order valence-corrected chi connectivity index (χ2v) is 2.59. The minimum Gasteiger partial charge on any atom is -0.474 e. The van der Waals surface area contributed by atoms with Gasteiger partial charge in [-0.3, -0.25) is 0 Å². The highest BCUT2D eigenvalue weighted by Crippen LogP contribution is 2.06. The third kappa shape index (κ3) is 0.903. The van der Waals surface area contributed by atoms with Crippen LogP contribution in [0, 0.1) is 0 Å². The maximum absolute atomic E-state index is 5.19. The van der Waals surface area contributed by atoms with E-state index in [1.165, 1.54) is 11.5 Å². The summed E-state index contributed by atoms with van der Waals surface area (Å²) in [5.74, 6) is 0.696. The smallest absolute Gasteiger partial charge is 0.236 e. The van der Waals surface area contributed by atoms with Crippen molar-refractivity contribution in [3.05, 3.63) is 17.1 Å². The van der Waals surface area contributed by atoms with Gasteiger partial charge in [-0.15, -0.1) is 0 Å². The van der Waals surface area contributed by atoms with Gasteiger partial charge in [0.15, 0.2) is 0 Å². The average molecular weight is 154 g/mol. The standard InChI is InChI=1S/C6H6N2OS/c1-4-10-8-5(1)6-7-2-3-9-6/h1,4H,2-3H2. The average Bonchev–Trinajstić information content (AvgIpc) is 2.59. The van der Waals surface area contributed by atoms with Gasteiger partial charge in [-0.05, 0) is 17.6 Å². The van der Waals surface area contributed by atoms with E-state index in [0.717, 1.165) is 12.2 Å². The summed E-state index contributed by atoms with van der Waals surface area (Å²) < 4.78 is 9.28. The molecule has 52 valence electrons. The Morgan fingerprint density at radius 1 is 1.60 bits per heavy atom. The highest BCUT2D eigenvalue weighted by molar-refractivity contribution is 7.03. The van der Waals surface area contributed by atoms with Gasteiger partial charge in [0.05, 0.1) is 6.54 Å². The molecule has 0 aliphatic carbocycles. The summed E-state index contributed by atoms with van der Waals surface area (Å²) in [6.07, 6.45) is 0. The van der Waals surface area contributed by atoms with E-state index in [4.69, 9.17) is 4.74 Å². The molecular weight excluding hydrogens is 148 g/mol. The highest BCUT2D eigenvalue weighted by Gasteiger charge is 2.10. The molecule has 0 amide bonds. The lowest BCUT2D eigenvalue weighted by Crippen LogP contribution is -2.00. The topological polar surface area (TPSA) is 34.5 Å². The van der Waals surface area contributed by atoms with Gasteiger partial charge in [0.1, 0.15) is 12.3 Å². The van der Waals surface area contributed by atoms with Crippen molar-refractivity contribution in [1.29, 1.82) is 0 Å². The van der Waals surface area contributed by atoms with Crippen molar-refractivity contribution in [3.8, 4) is 0 Å². The van der Waals surface area contributed by atoms with Gasteiger partial charge in [0.2, 0.25) is 5.90 Å². The number of aromatic nitrogens is 1. The van der Waals surface area contributed by atoms with Crippen molar-refractivity contribution in [2.75, 3.05) is 13.2 Å². The lowest BCUT2D eigenvalue weighted by molar-refractivity contribution is 0.347. The molecule has 0 N–H and O–H groups in total. The number of aliphatic imine (C=N–C) groups is 1. The van der Waals surface area contributed by atoms with E-state index in [-0.39, 0.29) is 0 Å². The zero-order valence-corrected chi connectivity index (χ0v) is 6.10. The zero-order valence-electron chi connectivity index (χ0n) is 5.28. The van der Waals surface area contributed by atoms with Crippen molar-refractivity contribution in [3.63, 3.8) is 0 Å². The molecule has 0 fully saturated rings. The fourth-order valence-electron chi connectivity index (χ4n) is 0.813. The summed E-state index contributed by atoms with van der Waals surface area (Å²) in [6.45, 7) is 1.47. The number of nitrogens with zero attached hydrogens (tertiary/aromatic N) is 2. The maximum Gasteiger partial charge on any atom is 0.236 e. The Bertz CT molecular complexity index is 242. The second-order valence-electron chi connectivity index (χ2n) is 1.92. The Morgan fingerprint density at radius 2 is 2.60 bits per heavy atom. The molecular formula is C6H6N2OS. The molecule has 0 bridgehead atoms. The van der Waals surface area contributed by atoms with Crippen LogP contribution in [-0.2, 0) is 4.74 Å². The first-order chi connectivity index (χ1) is 4.97. The number of hydrogen-bond donors (Lipinski definition) is 0. The van der Waals surface area contributed by atoms with Crippen LogP contribution in [0.25, 0.3) is 0 Å². The van der Waals surface area contributed by atoms with E-state index in [1.54, 1.807) is 0 Å². The molecule has 1 aromatic heterocycles. The summed E-state index contributed by atoms with van der Waals surface area (Å²) in [5.41, 5.74) is 0.863. The van der Waals surface area contributed by atoms with Crippen LogP contribution in [0.15, 0.2) is 16.4 Å². The van der Waals surface area contributed by atoms with Gasteiger partial charge in [-0.25, -0.2) is 4.99 Å². The molecule has 0 spiro atoms. The summed E-state index contributed by atoms with van der Waals surface area (Å²) in [7, 11) is 0. The first-order valence-corrected chi connectivity index (χ1v) is 3.88. The second kappa shape index (κ2) is 2.38. The molecule has 0 atom stereocenters. The van der Waals surface area contributed by atoms with Crippen LogP contribution in [0.3, 0.4) is 0 Å². The highest BCUT2D eigenvalue weighted by atomic mass is 32.1. The molecule has 1 aliphatic rings. The largest absolute Gasteiger partial charge is 0.474 e. The maximum atomic E-state index is 5.19. The molecule has 3 nitrogen and oxygen atoms in total. The first-order valence-electron chi connectivity index (χ1n) is 3.05. The Morgan fingerprint density at radius 3 is 3.20 bits per heavy atom. The molecule has 0 aromatic carbocycles. The summed E-state index contributed by atoms with van der Waals surface area (Å²) in [4.78, 5) is 4.12. The summed E-state index contributed by atoms with van der Waals surface area (Å²) >= 11 is 1.42. The molecule has 2 heterocycles. The Hall–Kier alpha value is -0.900. The van der Waals surface area contributed by atoms with Crippen molar-refractivity contribution in [2.45, 2.75) is 0 Å². The van der Waals surface area contributed by atoms with E-state index in [2.05, 4.69) is 9.37 Å². The normalized spacial score (nSPS) is 16.6. The van der Waals surface area contributed by atoms with Gasteiger partial charge in [-0.2, -0.15) is 4.37 Å². The molecule has 4 heteroatoms.